The average Bonchev–Trinajstić information content (AvgIpc) is 3.08. The highest BCUT2D eigenvalue weighted by atomic mass is 16.5. The Morgan fingerprint density at radius 3 is 2.96 bits per heavy atom. The molecule has 0 unspecified atom stereocenters. The van der Waals surface area contributed by atoms with Crippen LogP contribution in [0.5, 0.6) is 5.75 Å². The number of pyridine rings is 1. The van der Waals surface area contributed by atoms with Gasteiger partial charge in [0, 0.05) is 23.2 Å². The summed E-state index contributed by atoms with van der Waals surface area (Å²) in [5.41, 5.74) is 4.66. The number of carboxylic acid groups (broad SMARTS) is 1. The Kier molecular flexibility index (Phi) is 5.05. The van der Waals surface area contributed by atoms with Crippen LogP contribution in [-0.4, -0.2) is 32.4 Å². The van der Waals surface area contributed by atoms with Gasteiger partial charge in [0.25, 0.3) is 0 Å². The first kappa shape index (κ1) is 17.5. The summed E-state index contributed by atoms with van der Waals surface area (Å²) >= 11 is 0. The van der Waals surface area contributed by atoms with Crippen LogP contribution in [0.1, 0.15) is 36.2 Å². The third-order valence-corrected chi connectivity index (χ3v) is 5.01. The Hall–Kier alpha value is -2.89. The fraction of sp³-hybridized carbons (Fsp3) is 0.381. The molecule has 140 valence electrons. The Labute approximate surface area is 157 Å². The van der Waals surface area contributed by atoms with Crippen molar-refractivity contribution in [3.05, 3.63) is 53.5 Å². The number of hydrogen-bond donors (Lipinski definition) is 1. The van der Waals surface area contributed by atoms with E-state index < -0.39 is 5.97 Å². The predicted octanol–water partition coefficient (Wildman–Crippen LogP) is 3.41. The molecule has 0 fully saturated rings. The Morgan fingerprint density at radius 1 is 1.19 bits per heavy atom. The molecule has 2 heterocycles. The molecule has 1 aromatic carbocycles. The zero-order valence-corrected chi connectivity index (χ0v) is 15.2. The molecule has 0 aliphatic heterocycles. The van der Waals surface area contributed by atoms with Gasteiger partial charge in [-0.2, -0.15) is 5.10 Å². The molecule has 4 rings (SSSR count). The summed E-state index contributed by atoms with van der Waals surface area (Å²) in [6.45, 7) is 0.938. The third kappa shape index (κ3) is 4.10. The lowest BCUT2D eigenvalue weighted by Crippen LogP contribution is -2.09. The molecule has 2 aromatic heterocycles. The maximum Gasteiger partial charge on any atom is 0.305 e. The van der Waals surface area contributed by atoms with Gasteiger partial charge in [-0.25, -0.2) is 0 Å². The van der Waals surface area contributed by atoms with Gasteiger partial charge in [0.05, 0.1) is 31.3 Å². The van der Waals surface area contributed by atoms with Crippen molar-refractivity contribution in [3.8, 4) is 5.75 Å². The van der Waals surface area contributed by atoms with Crippen molar-refractivity contribution in [2.75, 3.05) is 6.61 Å². The molecule has 0 saturated heterocycles. The fourth-order valence-corrected chi connectivity index (χ4v) is 3.57. The van der Waals surface area contributed by atoms with Gasteiger partial charge in [0.15, 0.2) is 0 Å². The number of carbonyl (C=O) groups is 1. The van der Waals surface area contributed by atoms with Crippen LogP contribution in [0.2, 0.25) is 0 Å². The summed E-state index contributed by atoms with van der Waals surface area (Å²) in [6.07, 6.45) is 7.33. The molecule has 27 heavy (non-hydrogen) atoms. The lowest BCUT2D eigenvalue weighted by atomic mass is 9.96. The van der Waals surface area contributed by atoms with Gasteiger partial charge in [0.2, 0.25) is 0 Å². The summed E-state index contributed by atoms with van der Waals surface area (Å²) in [5.74, 6) is -0.0346. The minimum absolute atomic E-state index is 0.0583. The number of benzene rings is 1. The smallest absolute Gasteiger partial charge is 0.305 e. The van der Waals surface area contributed by atoms with E-state index in [0.717, 1.165) is 41.6 Å². The third-order valence-electron chi connectivity index (χ3n) is 5.01. The summed E-state index contributed by atoms with van der Waals surface area (Å²) in [5, 5.41) is 14.0. The minimum Gasteiger partial charge on any atom is -0.493 e. The molecule has 0 atom stereocenters. The Bertz CT molecular complexity index is 964. The van der Waals surface area contributed by atoms with E-state index in [1.807, 2.05) is 18.2 Å². The van der Waals surface area contributed by atoms with Crippen molar-refractivity contribution in [2.24, 2.45) is 0 Å². The second-order valence-electron chi connectivity index (χ2n) is 6.95. The number of aliphatic carboxylic acids is 1. The topological polar surface area (TPSA) is 77.2 Å². The zero-order chi connectivity index (χ0) is 18.6. The van der Waals surface area contributed by atoms with Crippen LogP contribution in [0.3, 0.4) is 0 Å². The molecule has 3 aromatic rings. The fourth-order valence-electron chi connectivity index (χ4n) is 3.57. The van der Waals surface area contributed by atoms with Gasteiger partial charge in [-0.15, -0.1) is 0 Å². The van der Waals surface area contributed by atoms with Crippen molar-refractivity contribution in [2.45, 2.75) is 45.1 Å². The van der Waals surface area contributed by atoms with Crippen LogP contribution >= 0.6 is 0 Å². The normalized spacial score (nSPS) is 13.5. The first-order valence-electron chi connectivity index (χ1n) is 9.47. The number of nitrogens with zero attached hydrogens (tertiary/aromatic N) is 3. The monoisotopic (exact) mass is 365 g/mol. The van der Waals surface area contributed by atoms with Crippen molar-refractivity contribution in [3.63, 3.8) is 0 Å². The number of aryl methyl sites for hydroxylation is 3. The molecule has 0 amide bonds. The number of fused-ring (bicyclic) bond motifs is 2. The van der Waals surface area contributed by atoms with Crippen LogP contribution in [-0.2, 0) is 30.6 Å². The van der Waals surface area contributed by atoms with E-state index in [9.17, 15) is 4.79 Å². The van der Waals surface area contributed by atoms with E-state index in [2.05, 4.69) is 17.2 Å². The number of carboxylic acids is 1. The van der Waals surface area contributed by atoms with Crippen molar-refractivity contribution >= 4 is 16.9 Å². The number of ether oxygens (including phenoxy) is 1. The number of aromatic nitrogens is 3. The molecular weight excluding hydrogens is 342 g/mol. The molecule has 6 heteroatoms. The molecular formula is C21H23N3O3. The van der Waals surface area contributed by atoms with Crippen molar-refractivity contribution in [1.82, 2.24) is 14.8 Å². The van der Waals surface area contributed by atoms with Crippen LogP contribution in [0.4, 0.5) is 0 Å². The van der Waals surface area contributed by atoms with Crippen LogP contribution in [0.15, 0.2) is 36.5 Å². The quantitative estimate of drug-likeness (QED) is 0.694. The minimum atomic E-state index is -0.825. The van der Waals surface area contributed by atoms with E-state index in [0.29, 0.717) is 13.2 Å². The molecule has 1 aliphatic carbocycles. The second-order valence-corrected chi connectivity index (χ2v) is 6.95. The molecule has 1 N–H and O–H groups in total. The summed E-state index contributed by atoms with van der Waals surface area (Å²) < 4.78 is 7.61. The SMILES string of the molecule is O=C(O)CCn1ncc2cc(OCCc3ccc4c(n3)CCCC4)ccc21. The molecule has 0 spiro atoms. The van der Waals surface area contributed by atoms with Crippen LogP contribution in [0, 0.1) is 0 Å². The van der Waals surface area contributed by atoms with Crippen LogP contribution in [0.25, 0.3) is 10.9 Å². The standard InChI is InChI=1S/C21H23N3O3/c25-21(26)9-11-24-20-8-7-18(13-16(20)14-22-24)27-12-10-17-6-5-15-3-1-2-4-19(15)23-17/h5-8,13-14H,1-4,9-12H2,(H,25,26). The van der Waals surface area contributed by atoms with Gasteiger partial charge >= 0.3 is 5.97 Å². The summed E-state index contributed by atoms with van der Waals surface area (Å²) in [4.78, 5) is 15.5. The summed E-state index contributed by atoms with van der Waals surface area (Å²) in [7, 11) is 0. The van der Waals surface area contributed by atoms with Gasteiger partial charge in [-0.05, 0) is 55.5 Å². The first-order valence-corrected chi connectivity index (χ1v) is 9.47. The maximum atomic E-state index is 10.7. The van der Waals surface area contributed by atoms with Gasteiger partial charge in [-0.3, -0.25) is 14.5 Å². The Balaban J connectivity index is 1.37. The molecule has 1 aliphatic rings. The van der Waals surface area contributed by atoms with E-state index in [1.54, 1.807) is 10.9 Å². The number of rotatable bonds is 7. The van der Waals surface area contributed by atoms with E-state index >= 15 is 0 Å². The van der Waals surface area contributed by atoms with Crippen molar-refractivity contribution in [1.29, 1.82) is 0 Å². The zero-order valence-electron chi connectivity index (χ0n) is 15.2. The highest BCUT2D eigenvalue weighted by Crippen LogP contribution is 2.22. The highest BCUT2D eigenvalue weighted by molar-refractivity contribution is 5.80. The molecule has 0 saturated carbocycles. The van der Waals surface area contributed by atoms with Gasteiger partial charge < -0.3 is 9.84 Å². The second kappa shape index (κ2) is 7.78. The first-order chi connectivity index (χ1) is 13.2. The summed E-state index contributed by atoms with van der Waals surface area (Å²) in [6, 6.07) is 10.1. The highest BCUT2D eigenvalue weighted by Gasteiger charge is 2.11. The molecule has 0 radical (unpaired) electrons. The molecule has 0 bridgehead atoms. The lowest BCUT2D eigenvalue weighted by Gasteiger charge is -2.15. The molecule has 6 nitrogen and oxygen atoms in total. The number of hydrogen-bond acceptors (Lipinski definition) is 4. The van der Waals surface area contributed by atoms with E-state index in [1.165, 1.54) is 24.1 Å². The van der Waals surface area contributed by atoms with Crippen LogP contribution < -0.4 is 4.74 Å². The maximum absolute atomic E-state index is 10.7. The van der Waals surface area contributed by atoms with Gasteiger partial charge in [-0.1, -0.05) is 6.07 Å². The van der Waals surface area contributed by atoms with Crippen molar-refractivity contribution < 1.29 is 14.6 Å². The van der Waals surface area contributed by atoms with Gasteiger partial charge in [0.1, 0.15) is 5.75 Å². The largest absolute Gasteiger partial charge is 0.493 e. The van der Waals surface area contributed by atoms with E-state index in [-0.39, 0.29) is 6.42 Å². The lowest BCUT2D eigenvalue weighted by molar-refractivity contribution is -0.137. The average molecular weight is 365 g/mol. The predicted molar refractivity (Wildman–Crippen MR) is 102 cm³/mol. The Morgan fingerprint density at radius 2 is 2.07 bits per heavy atom. The van der Waals surface area contributed by atoms with E-state index in [4.69, 9.17) is 14.8 Å².